The number of hydrogen-bond donors (Lipinski definition) is 1. The minimum atomic E-state index is -1.21. The lowest BCUT2D eigenvalue weighted by Crippen LogP contribution is -2.49. The number of carbonyl (C=O) groups is 4. The first kappa shape index (κ1) is 41.1. The SMILES string of the molecule is CC(=O)OC1C/C(C)=C\CC/C(C)=C\C(=O)CC23C(=O)OC(C1C(C)C)C2CC(C)=C1CCC(C)(O)C2CCC(C)(O2)C(OC(C)=O)CC/C(C)=C/[C@@H]13. The van der Waals surface area contributed by atoms with Gasteiger partial charge < -0.3 is 24.1 Å². The van der Waals surface area contributed by atoms with Crippen LogP contribution in [0.15, 0.2) is 46.1 Å². The predicted octanol–water partition coefficient (Wildman–Crippen LogP) is 8.23. The summed E-state index contributed by atoms with van der Waals surface area (Å²) in [7, 11) is 0. The van der Waals surface area contributed by atoms with Crippen molar-refractivity contribution in [3.8, 4) is 0 Å². The van der Waals surface area contributed by atoms with E-state index in [1.807, 2.05) is 34.6 Å². The van der Waals surface area contributed by atoms with Crippen LogP contribution in [0.1, 0.15) is 140 Å². The highest BCUT2D eigenvalue weighted by molar-refractivity contribution is 5.96. The molecule has 10 atom stereocenters. The molecule has 3 aliphatic heterocycles. The highest BCUT2D eigenvalue weighted by atomic mass is 16.6. The van der Waals surface area contributed by atoms with E-state index in [-0.39, 0.29) is 47.9 Å². The standard InChI is InChI=1S/C44H64O9/c1-25(2)39-36(50-30(7)45)22-27(4)13-11-12-26(3)20-32(47)24-44-34-21-28(5)14-15-38(51-31(8)46)43(10)19-17-37(53-43)42(9,49)18-16-33(34)29(6)23-35(44)40(39)52-41(44)48/h13,20-21,25,34-40,49H,11-12,14-19,22-24H2,1-10H3/b26-20-,27-13-,28-21+/t34-,35?,36?,37?,38?,39?,40?,42?,43?,44?/m0/s1. The van der Waals surface area contributed by atoms with Crippen LogP contribution in [0.25, 0.3) is 0 Å². The van der Waals surface area contributed by atoms with Crippen LogP contribution < -0.4 is 0 Å². The average Bonchev–Trinajstić information content (AvgIpc) is 3.56. The quantitative estimate of drug-likeness (QED) is 0.173. The van der Waals surface area contributed by atoms with Gasteiger partial charge in [-0.1, -0.05) is 53.9 Å². The molecule has 2 aliphatic carbocycles. The van der Waals surface area contributed by atoms with E-state index in [2.05, 4.69) is 32.9 Å². The van der Waals surface area contributed by atoms with E-state index in [0.717, 1.165) is 34.3 Å². The van der Waals surface area contributed by atoms with Crippen LogP contribution in [0, 0.1) is 29.1 Å². The summed E-state index contributed by atoms with van der Waals surface area (Å²) in [6.07, 6.45) is 9.77. The van der Waals surface area contributed by atoms with E-state index in [0.29, 0.717) is 57.8 Å². The topological polar surface area (TPSA) is 125 Å². The van der Waals surface area contributed by atoms with Gasteiger partial charge in [0.15, 0.2) is 5.78 Å². The number of rotatable bonds is 3. The molecule has 0 aromatic heterocycles. The van der Waals surface area contributed by atoms with Crippen molar-refractivity contribution >= 4 is 23.7 Å². The molecule has 9 heteroatoms. The van der Waals surface area contributed by atoms with Crippen molar-refractivity contribution in [2.24, 2.45) is 29.1 Å². The van der Waals surface area contributed by atoms with E-state index in [9.17, 15) is 24.3 Å². The average molecular weight is 737 g/mol. The largest absolute Gasteiger partial charge is 0.462 e. The lowest BCUT2D eigenvalue weighted by Gasteiger charge is -2.46. The fraction of sp³-hybridized carbons (Fsp3) is 0.727. The van der Waals surface area contributed by atoms with Crippen molar-refractivity contribution in [2.45, 2.75) is 175 Å². The predicted molar refractivity (Wildman–Crippen MR) is 202 cm³/mol. The fourth-order valence-electron chi connectivity index (χ4n) is 10.4. The summed E-state index contributed by atoms with van der Waals surface area (Å²) in [5, 5.41) is 12.0. The number of allylic oxidation sites excluding steroid dienone is 7. The van der Waals surface area contributed by atoms with Crippen LogP contribution in [0.4, 0.5) is 0 Å². The third-order valence-electron chi connectivity index (χ3n) is 13.2. The van der Waals surface area contributed by atoms with Gasteiger partial charge in [0.2, 0.25) is 0 Å². The van der Waals surface area contributed by atoms with Gasteiger partial charge in [-0.15, -0.1) is 0 Å². The first-order chi connectivity index (χ1) is 24.8. The molecule has 0 aromatic carbocycles. The van der Waals surface area contributed by atoms with Gasteiger partial charge in [0, 0.05) is 44.4 Å². The summed E-state index contributed by atoms with van der Waals surface area (Å²) in [4.78, 5) is 54.2. The third-order valence-corrected chi connectivity index (χ3v) is 13.2. The number of esters is 3. The second kappa shape index (κ2) is 16.0. The van der Waals surface area contributed by atoms with Gasteiger partial charge >= 0.3 is 17.9 Å². The molecule has 9 nitrogen and oxygen atoms in total. The second-order valence-corrected chi connectivity index (χ2v) is 17.9. The van der Waals surface area contributed by atoms with E-state index in [4.69, 9.17) is 18.9 Å². The smallest absolute Gasteiger partial charge is 0.314 e. The van der Waals surface area contributed by atoms with Crippen molar-refractivity contribution in [1.82, 2.24) is 0 Å². The Morgan fingerprint density at radius 3 is 2.26 bits per heavy atom. The molecule has 2 saturated heterocycles. The van der Waals surface area contributed by atoms with Crippen LogP contribution in [-0.4, -0.2) is 64.4 Å². The Bertz CT molecular complexity index is 1580. The van der Waals surface area contributed by atoms with Crippen molar-refractivity contribution in [3.05, 3.63) is 46.1 Å². The normalized spacial score (nSPS) is 41.7. The Labute approximate surface area is 317 Å². The van der Waals surface area contributed by atoms with Gasteiger partial charge in [0.1, 0.15) is 23.9 Å². The van der Waals surface area contributed by atoms with Crippen LogP contribution >= 0.6 is 0 Å². The number of ketones is 1. The van der Waals surface area contributed by atoms with E-state index >= 15 is 0 Å². The molecule has 53 heavy (non-hydrogen) atoms. The number of hydrogen-bond acceptors (Lipinski definition) is 9. The Morgan fingerprint density at radius 2 is 1.60 bits per heavy atom. The Kier molecular flexibility index (Phi) is 12.4. The summed E-state index contributed by atoms with van der Waals surface area (Å²) in [6.45, 7) is 19.0. The van der Waals surface area contributed by atoms with Crippen LogP contribution in [-0.2, 0) is 38.1 Å². The van der Waals surface area contributed by atoms with Crippen molar-refractivity contribution in [1.29, 1.82) is 0 Å². The minimum absolute atomic E-state index is 0.000361. The summed E-state index contributed by atoms with van der Waals surface area (Å²) >= 11 is 0. The van der Waals surface area contributed by atoms with Crippen molar-refractivity contribution < 1.29 is 43.2 Å². The van der Waals surface area contributed by atoms with Crippen LogP contribution in [0.2, 0.25) is 0 Å². The summed E-state index contributed by atoms with van der Waals surface area (Å²) in [5.74, 6) is -2.37. The molecule has 0 amide bonds. The zero-order valence-corrected chi connectivity index (χ0v) is 33.8. The molecule has 0 radical (unpaired) electrons. The van der Waals surface area contributed by atoms with Gasteiger partial charge in [-0.3, -0.25) is 19.2 Å². The van der Waals surface area contributed by atoms with Gasteiger partial charge in [-0.25, -0.2) is 0 Å². The van der Waals surface area contributed by atoms with Crippen LogP contribution in [0.5, 0.6) is 0 Å². The molecule has 5 aliphatic rings. The zero-order chi connectivity index (χ0) is 39.0. The van der Waals surface area contributed by atoms with E-state index in [1.165, 1.54) is 13.8 Å². The highest BCUT2D eigenvalue weighted by Crippen LogP contribution is 2.61. The van der Waals surface area contributed by atoms with Crippen LogP contribution in [0.3, 0.4) is 0 Å². The third kappa shape index (κ3) is 8.61. The van der Waals surface area contributed by atoms with Crippen molar-refractivity contribution in [3.63, 3.8) is 0 Å². The molecule has 0 spiro atoms. The first-order valence-electron chi connectivity index (χ1n) is 19.9. The molecule has 3 heterocycles. The number of carbonyl (C=O) groups excluding carboxylic acids is 4. The van der Waals surface area contributed by atoms with E-state index in [1.54, 1.807) is 6.08 Å². The number of fused-ring (bicyclic) bond motifs is 3. The monoisotopic (exact) mass is 736 g/mol. The lowest BCUT2D eigenvalue weighted by molar-refractivity contribution is -0.183. The van der Waals surface area contributed by atoms with Gasteiger partial charge in [0.25, 0.3) is 0 Å². The maximum Gasteiger partial charge on any atom is 0.314 e. The maximum atomic E-state index is 15.0. The number of ether oxygens (including phenoxy) is 4. The molecular weight excluding hydrogens is 672 g/mol. The Balaban J connectivity index is 1.70. The summed E-state index contributed by atoms with van der Waals surface area (Å²) in [6, 6.07) is 0. The Hall–Kier alpha value is -3.04. The summed E-state index contributed by atoms with van der Waals surface area (Å²) < 4.78 is 25.2. The number of aliphatic hydroxyl groups is 1. The minimum Gasteiger partial charge on any atom is -0.462 e. The van der Waals surface area contributed by atoms with Gasteiger partial charge in [-0.2, -0.15) is 0 Å². The van der Waals surface area contributed by atoms with E-state index < -0.39 is 47.0 Å². The molecular formula is C44H64O9. The Morgan fingerprint density at radius 1 is 0.906 bits per heavy atom. The molecule has 0 saturated carbocycles. The molecule has 1 N–H and O–H groups in total. The fourth-order valence-corrected chi connectivity index (χ4v) is 10.4. The highest BCUT2D eigenvalue weighted by Gasteiger charge is 2.66. The molecule has 294 valence electrons. The van der Waals surface area contributed by atoms with Gasteiger partial charge in [-0.05, 0) is 111 Å². The van der Waals surface area contributed by atoms with Crippen molar-refractivity contribution in [2.75, 3.05) is 0 Å². The summed E-state index contributed by atoms with van der Waals surface area (Å²) in [5.41, 5.74) is 2.10. The molecule has 5 rings (SSSR count). The zero-order valence-electron chi connectivity index (χ0n) is 33.8. The van der Waals surface area contributed by atoms with Gasteiger partial charge in [0.05, 0.1) is 17.1 Å². The molecule has 9 unspecified atom stereocenters. The molecule has 0 aromatic rings. The maximum absolute atomic E-state index is 15.0. The lowest BCUT2D eigenvalue weighted by atomic mass is 9.53. The molecule has 2 fully saturated rings. The first-order valence-corrected chi connectivity index (χ1v) is 19.9. The second-order valence-electron chi connectivity index (χ2n) is 17.9. The molecule has 4 bridgehead atoms.